The van der Waals surface area contributed by atoms with Crippen molar-refractivity contribution >= 4 is 22.9 Å². The Labute approximate surface area is 149 Å². The first-order valence-electron chi connectivity index (χ1n) is 8.32. The topological polar surface area (TPSA) is 158 Å². The number of aliphatic hydroxyl groups is 3. The van der Waals surface area contributed by atoms with Crippen LogP contribution < -0.4 is 10.7 Å². The number of quaternary nitrogens is 1. The molecule has 6 N–H and O–H groups in total. The van der Waals surface area contributed by atoms with Gasteiger partial charge in [-0.25, -0.2) is 4.98 Å². The Balaban J connectivity index is 2.04. The van der Waals surface area contributed by atoms with Gasteiger partial charge in [-0.15, -0.1) is 12.8 Å². The van der Waals surface area contributed by atoms with Gasteiger partial charge in [0.2, 0.25) is 0 Å². The minimum absolute atomic E-state index is 0.170. The third kappa shape index (κ3) is 3.10. The van der Waals surface area contributed by atoms with Crippen LogP contribution >= 0.6 is 0 Å². The first-order valence-corrected chi connectivity index (χ1v) is 8.32. The van der Waals surface area contributed by atoms with Gasteiger partial charge < -0.3 is 36.2 Å². The molecule has 0 saturated carbocycles. The van der Waals surface area contributed by atoms with E-state index in [1.807, 2.05) is 6.92 Å². The SMILES string of the molecule is C=C[N-][NH+](CCC)c1nc(N)c2ncn([C@@H]3O[C@H](CO)[C@@H](O)[C@H]3O)c2n1. The van der Waals surface area contributed by atoms with Crippen LogP contribution in [-0.4, -0.2) is 66.3 Å². The zero-order valence-electron chi connectivity index (χ0n) is 14.4. The van der Waals surface area contributed by atoms with Gasteiger partial charge in [-0.2, -0.15) is 9.97 Å². The van der Waals surface area contributed by atoms with Crippen molar-refractivity contribution in [3.8, 4) is 0 Å². The van der Waals surface area contributed by atoms with Crippen molar-refractivity contribution in [2.75, 3.05) is 18.9 Å². The van der Waals surface area contributed by atoms with E-state index >= 15 is 0 Å². The second-order valence-electron chi connectivity index (χ2n) is 5.99. The van der Waals surface area contributed by atoms with Crippen molar-refractivity contribution in [1.29, 1.82) is 0 Å². The summed E-state index contributed by atoms with van der Waals surface area (Å²) in [5, 5.41) is 30.1. The highest BCUT2D eigenvalue weighted by atomic mass is 16.6. The van der Waals surface area contributed by atoms with E-state index in [9.17, 15) is 15.3 Å². The van der Waals surface area contributed by atoms with Gasteiger partial charge in [0, 0.05) is 0 Å². The number of anilines is 1. The molecule has 2 aromatic rings. The maximum Gasteiger partial charge on any atom is 0.326 e. The monoisotopic (exact) mass is 365 g/mol. The van der Waals surface area contributed by atoms with Crippen molar-refractivity contribution in [1.82, 2.24) is 19.5 Å². The van der Waals surface area contributed by atoms with E-state index in [1.54, 1.807) is 0 Å². The molecular weight excluding hydrogens is 342 g/mol. The van der Waals surface area contributed by atoms with Crippen LogP contribution in [0.4, 0.5) is 11.8 Å². The molecule has 0 amide bonds. The number of ether oxygens (including phenoxy) is 1. The zero-order chi connectivity index (χ0) is 18.8. The van der Waals surface area contributed by atoms with Crippen LogP contribution in [0.2, 0.25) is 0 Å². The van der Waals surface area contributed by atoms with E-state index in [4.69, 9.17) is 10.5 Å². The Morgan fingerprint density at radius 2 is 2.19 bits per heavy atom. The quantitative estimate of drug-likeness (QED) is 0.366. The molecule has 26 heavy (non-hydrogen) atoms. The normalized spacial score (nSPS) is 26.9. The number of imidazole rings is 1. The Morgan fingerprint density at radius 1 is 1.42 bits per heavy atom. The number of rotatable bonds is 7. The van der Waals surface area contributed by atoms with Gasteiger partial charge in [0.05, 0.1) is 19.5 Å². The first kappa shape index (κ1) is 18.5. The maximum atomic E-state index is 10.3. The molecule has 5 atom stereocenters. The van der Waals surface area contributed by atoms with E-state index in [0.29, 0.717) is 28.7 Å². The Morgan fingerprint density at radius 3 is 2.81 bits per heavy atom. The zero-order valence-corrected chi connectivity index (χ0v) is 14.4. The standard InChI is InChI=1S/C15H23N7O4/c1-3-5-22(18-4-2)15-19-12(16)9-13(20-15)21(7-17-9)14-11(25)10(24)8(6-23)26-14/h4,7-8,10-11,14,22-25H,2-3,5-6H2,1H3,(H2,16,19,20)/t8-,10-,11-,14-/m1/s1. The lowest BCUT2D eigenvalue weighted by Crippen LogP contribution is -3.03. The number of aromatic nitrogens is 4. The third-order valence-electron chi connectivity index (χ3n) is 4.23. The largest absolute Gasteiger partial charge is 0.488 e. The summed E-state index contributed by atoms with van der Waals surface area (Å²) in [7, 11) is 0. The molecule has 1 unspecified atom stereocenters. The van der Waals surface area contributed by atoms with Gasteiger partial charge in [-0.3, -0.25) is 4.57 Å². The highest BCUT2D eigenvalue weighted by Gasteiger charge is 2.44. The van der Waals surface area contributed by atoms with Gasteiger partial charge in [0.25, 0.3) is 0 Å². The van der Waals surface area contributed by atoms with Crippen LogP contribution in [0.1, 0.15) is 19.6 Å². The van der Waals surface area contributed by atoms with E-state index in [1.165, 1.54) is 17.1 Å². The second-order valence-corrected chi connectivity index (χ2v) is 5.99. The number of nitrogens with one attached hydrogen (secondary N) is 1. The minimum atomic E-state index is -1.25. The number of fused-ring (bicyclic) bond motifs is 1. The van der Waals surface area contributed by atoms with Gasteiger partial charge >= 0.3 is 5.95 Å². The molecule has 142 valence electrons. The van der Waals surface area contributed by atoms with Gasteiger partial charge in [0.1, 0.15) is 18.3 Å². The van der Waals surface area contributed by atoms with Gasteiger partial charge in [-0.1, -0.05) is 6.92 Å². The number of hydrogen-bond acceptors (Lipinski definition) is 8. The van der Waals surface area contributed by atoms with Crippen LogP contribution in [0, 0.1) is 0 Å². The van der Waals surface area contributed by atoms with Crippen LogP contribution in [-0.2, 0) is 4.74 Å². The molecule has 1 aliphatic heterocycles. The minimum Gasteiger partial charge on any atom is -0.488 e. The fourth-order valence-electron chi connectivity index (χ4n) is 2.94. The first-order chi connectivity index (χ1) is 12.5. The number of nitrogen functional groups attached to an aromatic ring is 1. The average molecular weight is 365 g/mol. The summed E-state index contributed by atoms with van der Waals surface area (Å²) in [6, 6.07) is 0. The Hall–Kier alpha value is -2.31. The molecule has 0 aromatic carbocycles. The summed E-state index contributed by atoms with van der Waals surface area (Å²) in [5.41, 5.74) is 10.9. The highest BCUT2D eigenvalue weighted by Crippen LogP contribution is 2.32. The molecule has 1 aliphatic rings. The van der Waals surface area contributed by atoms with E-state index in [0.717, 1.165) is 6.42 Å². The smallest absolute Gasteiger partial charge is 0.326 e. The predicted octanol–water partition coefficient (Wildman–Crippen LogP) is -1.62. The third-order valence-corrected chi connectivity index (χ3v) is 4.23. The Kier molecular flexibility index (Phi) is 5.34. The van der Waals surface area contributed by atoms with Crippen molar-refractivity contribution in [3.05, 3.63) is 24.5 Å². The number of nitrogens with two attached hydrogens (primary N) is 1. The summed E-state index contributed by atoms with van der Waals surface area (Å²) >= 11 is 0. The number of hydrogen-bond donors (Lipinski definition) is 5. The van der Waals surface area contributed by atoms with Gasteiger partial charge in [-0.05, 0) is 6.42 Å². The van der Waals surface area contributed by atoms with Gasteiger partial charge in [0.15, 0.2) is 23.2 Å². The van der Waals surface area contributed by atoms with E-state index in [2.05, 4.69) is 27.0 Å². The van der Waals surface area contributed by atoms with Crippen LogP contribution in [0.15, 0.2) is 19.1 Å². The molecule has 11 nitrogen and oxygen atoms in total. The molecular formula is C15H23N7O4. The summed E-state index contributed by atoms with van der Waals surface area (Å²) in [6.07, 6.45) is -0.672. The number of nitrogens with zero attached hydrogens (tertiary/aromatic N) is 5. The van der Waals surface area contributed by atoms with E-state index in [-0.39, 0.29) is 5.82 Å². The maximum absolute atomic E-state index is 10.3. The molecule has 3 rings (SSSR count). The lowest BCUT2D eigenvalue weighted by atomic mass is 10.1. The van der Waals surface area contributed by atoms with E-state index < -0.39 is 31.1 Å². The molecule has 2 aromatic heterocycles. The predicted molar refractivity (Wildman–Crippen MR) is 92.1 cm³/mol. The molecule has 1 saturated heterocycles. The van der Waals surface area contributed by atoms with Crippen LogP contribution in [0.3, 0.4) is 0 Å². The van der Waals surface area contributed by atoms with Crippen molar-refractivity contribution in [3.63, 3.8) is 0 Å². The second kappa shape index (κ2) is 7.51. The summed E-state index contributed by atoms with van der Waals surface area (Å²) in [4.78, 5) is 12.9. The lowest BCUT2D eigenvalue weighted by molar-refractivity contribution is -0.794. The Bertz CT molecular complexity index is 783. The molecule has 0 spiro atoms. The molecule has 0 aliphatic carbocycles. The van der Waals surface area contributed by atoms with Crippen molar-refractivity contribution in [2.45, 2.75) is 37.9 Å². The summed E-state index contributed by atoms with van der Waals surface area (Å²) in [5.74, 6) is 0.508. The molecule has 0 radical (unpaired) electrons. The lowest BCUT2D eigenvalue weighted by Gasteiger charge is -2.26. The fourth-order valence-corrected chi connectivity index (χ4v) is 2.94. The van der Waals surface area contributed by atoms with Crippen molar-refractivity contribution < 1.29 is 25.1 Å². The molecule has 11 heteroatoms. The summed E-state index contributed by atoms with van der Waals surface area (Å²) < 4.78 is 7.02. The molecule has 1 fully saturated rings. The average Bonchev–Trinajstić information content (AvgIpc) is 3.17. The number of aliphatic hydroxyl groups excluding tert-OH is 3. The highest BCUT2D eigenvalue weighted by molar-refractivity contribution is 5.82. The molecule has 0 bridgehead atoms. The fraction of sp³-hybridized carbons (Fsp3) is 0.533. The van der Waals surface area contributed by atoms with Crippen LogP contribution in [0.25, 0.3) is 16.6 Å². The molecule has 3 heterocycles. The van der Waals surface area contributed by atoms with Crippen LogP contribution in [0.5, 0.6) is 0 Å². The summed E-state index contributed by atoms with van der Waals surface area (Å²) in [6.45, 7) is 5.82. The van der Waals surface area contributed by atoms with Crippen molar-refractivity contribution in [2.24, 2.45) is 0 Å².